The fourth-order valence-electron chi connectivity index (χ4n) is 1.05. The van der Waals surface area contributed by atoms with Gasteiger partial charge < -0.3 is 4.74 Å². The summed E-state index contributed by atoms with van der Waals surface area (Å²) >= 11 is 0. The fraction of sp³-hybridized carbons (Fsp3) is 1.00. The average Bonchev–Trinajstić information content (AvgIpc) is 2.44. The largest absolute Gasteiger partial charge is 0.392 e. The molecule has 1 fully saturated rings. The minimum Gasteiger partial charge on any atom is -0.384 e. The predicted octanol–water partition coefficient (Wildman–Crippen LogP) is 1.83. The molecule has 1 aliphatic rings. The molecule has 4 heteroatoms. The van der Waals surface area contributed by atoms with E-state index in [1.807, 2.05) is 0 Å². The molecule has 2 atom stereocenters. The highest BCUT2D eigenvalue weighted by atomic mass is 19.4. The van der Waals surface area contributed by atoms with Crippen LogP contribution in [0.3, 0.4) is 0 Å². The van der Waals surface area contributed by atoms with E-state index in [1.54, 1.807) is 0 Å². The van der Waals surface area contributed by atoms with Crippen LogP contribution in [0, 0.1) is 11.8 Å². The Morgan fingerprint density at radius 2 is 2.10 bits per heavy atom. The second-order valence-corrected chi connectivity index (χ2v) is 2.60. The lowest BCUT2D eigenvalue weighted by Crippen LogP contribution is -2.13. The van der Waals surface area contributed by atoms with Gasteiger partial charge >= 0.3 is 6.18 Å². The van der Waals surface area contributed by atoms with E-state index in [-0.39, 0.29) is 18.9 Å². The molecule has 60 valence electrons. The molecular weight excluding hydrogens is 145 g/mol. The van der Waals surface area contributed by atoms with Crippen molar-refractivity contribution >= 4 is 0 Å². The molecule has 0 heterocycles. The maximum atomic E-state index is 11.8. The highest BCUT2D eigenvalue weighted by Crippen LogP contribution is 2.49. The summed E-state index contributed by atoms with van der Waals surface area (Å²) in [6.07, 6.45) is -3.75. The first-order chi connectivity index (χ1) is 4.55. The van der Waals surface area contributed by atoms with E-state index in [0.29, 0.717) is 0 Å². The van der Waals surface area contributed by atoms with Crippen molar-refractivity contribution in [2.75, 3.05) is 13.7 Å². The van der Waals surface area contributed by atoms with Crippen LogP contribution in [0.2, 0.25) is 0 Å². The topological polar surface area (TPSA) is 9.23 Å². The van der Waals surface area contributed by atoms with Gasteiger partial charge in [-0.05, 0) is 12.3 Å². The van der Waals surface area contributed by atoms with Crippen LogP contribution in [0.1, 0.15) is 6.42 Å². The van der Waals surface area contributed by atoms with Crippen molar-refractivity contribution < 1.29 is 17.9 Å². The zero-order valence-electron chi connectivity index (χ0n) is 5.61. The minimum atomic E-state index is -4.00. The van der Waals surface area contributed by atoms with Crippen molar-refractivity contribution in [3.8, 4) is 0 Å². The Hall–Kier alpha value is -0.250. The van der Waals surface area contributed by atoms with Crippen LogP contribution in [0.25, 0.3) is 0 Å². The maximum Gasteiger partial charge on any atom is 0.392 e. The monoisotopic (exact) mass is 154 g/mol. The lowest BCUT2D eigenvalue weighted by Gasteiger charge is -2.03. The Labute approximate surface area is 57.2 Å². The number of hydrogen-bond donors (Lipinski definition) is 0. The molecular formula is C6H9F3O. The summed E-state index contributed by atoms with van der Waals surface area (Å²) in [6.45, 7) is 0.240. The van der Waals surface area contributed by atoms with Gasteiger partial charge in [0.25, 0.3) is 0 Å². The third-order valence-corrected chi connectivity index (χ3v) is 1.72. The van der Waals surface area contributed by atoms with Gasteiger partial charge in [-0.15, -0.1) is 0 Å². The van der Waals surface area contributed by atoms with Crippen LogP contribution in [-0.2, 0) is 4.74 Å². The molecule has 0 bridgehead atoms. The van der Waals surface area contributed by atoms with Crippen molar-refractivity contribution in [3.63, 3.8) is 0 Å². The van der Waals surface area contributed by atoms with Gasteiger partial charge in [0.2, 0.25) is 0 Å². The first-order valence-electron chi connectivity index (χ1n) is 3.11. The van der Waals surface area contributed by atoms with Crippen LogP contribution in [-0.4, -0.2) is 19.9 Å². The van der Waals surface area contributed by atoms with Gasteiger partial charge in [-0.1, -0.05) is 0 Å². The first kappa shape index (κ1) is 7.85. The Kier molecular flexibility index (Phi) is 1.90. The van der Waals surface area contributed by atoms with Gasteiger partial charge in [-0.2, -0.15) is 13.2 Å². The van der Waals surface area contributed by atoms with Gasteiger partial charge in [-0.3, -0.25) is 0 Å². The summed E-state index contributed by atoms with van der Waals surface area (Å²) in [5.74, 6) is -1.36. The maximum absolute atomic E-state index is 11.8. The lowest BCUT2D eigenvalue weighted by atomic mass is 10.3. The Morgan fingerprint density at radius 1 is 1.50 bits per heavy atom. The van der Waals surface area contributed by atoms with E-state index in [9.17, 15) is 13.2 Å². The Balaban J connectivity index is 2.25. The number of alkyl halides is 3. The standard InChI is InChI=1S/C6H9F3O/c1-10-3-4-2-5(4)6(7,8)9/h4-5H,2-3H2,1H3. The van der Waals surface area contributed by atoms with Crippen molar-refractivity contribution in [3.05, 3.63) is 0 Å². The van der Waals surface area contributed by atoms with Gasteiger partial charge in [0, 0.05) is 13.7 Å². The van der Waals surface area contributed by atoms with E-state index < -0.39 is 12.1 Å². The fourth-order valence-corrected chi connectivity index (χ4v) is 1.05. The van der Waals surface area contributed by atoms with Gasteiger partial charge in [0.15, 0.2) is 0 Å². The van der Waals surface area contributed by atoms with Crippen LogP contribution >= 0.6 is 0 Å². The molecule has 0 amide bonds. The van der Waals surface area contributed by atoms with Crippen molar-refractivity contribution in [2.45, 2.75) is 12.6 Å². The minimum absolute atomic E-state index is 0.240. The molecule has 1 aliphatic carbocycles. The molecule has 0 saturated heterocycles. The van der Waals surface area contributed by atoms with Crippen LogP contribution < -0.4 is 0 Å². The normalized spacial score (nSPS) is 32.4. The summed E-state index contributed by atoms with van der Waals surface area (Å²) in [4.78, 5) is 0. The van der Waals surface area contributed by atoms with Gasteiger partial charge in [-0.25, -0.2) is 0 Å². The molecule has 0 aromatic rings. The predicted molar refractivity (Wildman–Crippen MR) is 29.5 cm³/mol. The van der Waals surface area contributed by atoms with Gasteiger partial charge in [0.05, 0.1) is 5.92 Å². The van der Waals surface area contributed by atoms with E-state index in [4.69, 9.17) is 0 Å². The van der Waals surface area contributed by atoms with E-state index in [1.165, 1.54) is 7.11 Å². The molecule has 0 spiro atoms. The van der Waals surface area contributed by atoms with E-state index >= 15 is 0 Å². The van der Waals surface area contributed by atoms with Crippen LogP contribution in [0.15, 0.2) is 0 Å². The molecule has 0 aromatic heterocycles. The summed E-state index contributed by atoms with van der Waals surface area (Å²) < 4.78 is 39.9. The average molecular weight is 154 g/mol. The second-order valence-electron chi connectivity index (χ2n) is 2.60. The summed E-state index contributed by atoms with van der Waals surface area (Å²) in [5, 5.41) is 0. The quantitative estimate of drug-likeness (QED) is 0.589. The Morgan fingerprint density at radius 3 is 2.40 bits per heavy atom. The van der Waals surface area contributed by atoms with Gasteiger partial charge in [0.1, 0.15) is 0 Å². The summed E-state index contributed by atoms with van der Waals surface area (Å²) in [7, 11) is 1.42. The number of hydrogen-bond acceptors (Lipinski definition) is 1. The zero-order valence-corrected chi connectivity index (χ0v) is 5.61. The molecule has 1 rings (SSSR count). The van der Waals surface area contributed by atoms with Crippen LogP contribution in [0.5, 0.6) is 0 Å². The number of halogens is 3. The first-order valence-corrected chi connectivity index (χ1v) is 3.11. The summed E-state index contributed by atoms with van der Waals surface area (Å²) in [6, 6.07) is 0. The summed E-state index contributed by atoms with van der Waals surface area (Å²) in [5.41, 5.74) is 0. The van der Waals surface area contributed by atoms with E-state index in [0.717, 1.165) is 0 Å². The SMILES string of the molecule is COCC1CC1C(F)(F)F. The molecule has 2 unspecified atom stereocenters. The van der Waals surface area contributed by atoms with Crippen molar-refractivity contribution in [2.24, 2.45) is 11.8 Å². The Bertz CT molecular complexity index is 121. The molecule has 10 heavy (non-hydrogen) atoms. The third-order valence-electron chi connectivity index (χ3n) is 1.72. The lowest BCUT2D eigenvalue weighted by molar-refractivity contribution is -0.152. The van der Waals surface area contributed by atoms with Crippen molar-refractivity contribution in [1.82, 2.24) is 0 Å². The molecule has 1 saturated carbocycles. The second kappa shape index (κ2) is 2.42. The molecule has 0 radical (unpaired) electrons. The van der Waals surface area contributed by atoms with E-state index in [2.05, 4.69) is 4.74 Å². The zero-order chi connectivity index (χ0) is 7.78. The highest BCUT2D eigenvalue weighted by molar-refractivity contribution is 4.91. The molecule has 0 aromatic carbocycles. The molecule has 1 nitrogen and oxygen atoms in total. The molecule has 0 aliphatic heterocycles. The number of rotatable bonds is 2. The highest BCUT2D eigenvalue weighted by Gasteiger charge is 2.55. The molecule has 0 N–H and O–H groups in total. The smallest absolute Gasteiger partial charge is 0.384 e. The number of methoxy groups -OCH3 is 1. The van der Waals surface area contributed by atoms with Crippen LogP contribution in [0.4, 0.5) is 13.2 Å². The third kappa shape index (κ3) is 1.62. The number of ether oxygens (including phenoxy) is 1. The van der Waals surface area contributed by atoms with Crippen molar-refractivity contribution in [1.29, 1.82) is 0 Å².